The summed E-state index contributed by atoms with van der Waals surface area (Å²) in [7, 11) is 0. The molecule has 2 fully saturated rings. The first-order valence-electron chi connectivity index (χ1n) is 10.5. The Balaban J connectivity index is 1.48. The van der Waals surface area contributed by atoms with Crippen molar-refractivity contribution < 1.29 is 4.79 Å². The standard InChI is InChI=1S/C22H26N6O/c1-14-16(8-12-28-10-2-3-11-28)20(15-6-7-15)19(24-14)13-17-21(26-27-22(17)29)18-5-4-9-23-25-18/h4-5,9,13,15,24H,2-3,6-8,10-12H2,1H3,(H,27,29)/b17-13+. The first kappa shape index (κ1) is 18.2. The maximum absolute atomic E-state index is 12.5. The molecule has 7 heteroatoms. The van der Waals surface area contributed by atoms with Crippen molar-refractivity contribution in [3.8, 4) is 0 Å². The molecule has 0 spiro atoms. The highest BCUT2D eigenvalue weighted by atomic mass is 16.2. The van der Waals surface area contributed by atoms with Gasteiger partial charge in [0, 0.05) is 24.1 Å². The molecule has 2 N–H and O–H groups in total. The van der Waals surface area contributed by atoms with Crippen molar-refractivity contribution in [2.75, 3.05) is 19.6 Å². The molecule has 0 unspecified atom stereocenters. The molecule has 3 aliphatic rings. The lowest BCUT2D eigenvalue weighted by molar-refractivity contribution is -0.116. The van der Waals surface area contributed by atoms with Gasteiger partial charge in [-0.3, -0.25) is 4.79 Å². The van der Waals surface area contributed by atoms with Crippen LogP contribution < -0.4 is 5.43 Å². The minimum absolute atomic E-state index is 0.196. The molecule has 1 saturated carbocycles. The summed E-state index contributed by atoms with van der Waals surface area (Å²) in [6.45, 7) is 5.70. The summed E-state index contributed by atoms with van der Waals surface area (Å²) in [5.41, 5.74) is 9.36. The van der Waals surface area contributed by atoms with Gasteiger partial charge >= 0.3 is 0 Å². The summed E-state index contributed by atoms with van der Waals surface area (Å²) < 4.78 is 0. The lowest BCUT2D eigenvalue weighted by Gasteiger charge is -2.15. The number of aryl methyl sites for hydroxylation is 1. The number of carbonyl (C=O) groups excluding carboxylic acids is 1. The molecule has 0 bridgehead atoms. The van der Waals surface area contributed by atoms with Crippen LogP contribution in [-0.2, 0) is 11.2 Å². The van der Waals surface area contributed by atoms with E-state index in [-0.39, 0.29) is 5.91 Å². The largest absolute Gasteiger partial charge is 0.359 e. The van der Waals surface area contributed by atoms with E-state index in [0.717, 1.165) is 18.7 Å². The molecule has 150 valence electrons. The third kappa shape index (κ3) is 3.62. The van der Waals surface area contributed by atoms with Gasteiger partial charge in [0.05, 0.1) is 5.57 Å². The minimum Gasteiger partial charge on any atom is -0.359 e. The van der Waals surface area contributed by atoms with Gasteiger partial charge < -0.3 is 9.88 Å². The van der Waals surface area contributed by atoms with Gasteiger partial charge in [-0.2, -0.15) is 10.2 Å². The lowest BCUT2D eigenvalue weighted by atomic mass is 9.98. The molecular formula is C22H26N6O. The van der Waals surface area contributed by atoms with Crippen LogP contribution in [0.25, 0.3) is 6.08 Å². The molecule has 2 aliphatic heterocycles. The van der Waals surface area contributed by atoms with Crippen LogP contribution in [0, 0.1) is 6.92 Å². The van der Waals surface area contributed by atoms with Gasteiger partial charge in [-0.15, -0.1) is 5.10 Å². The summed E-state index contributed by atoms with van der Waals surface area (Å²) in [6, 6.07) is 3.62. The maximum atomic E-state index is 12.5. The van der Waals surface area contributed by atoms with Crippen LogP contribution in [-0.4, -0.2) is 51.3 Å². The van der Waals surface area contributed by atoms with E-state index in [4.69, 9.17) is 0 Å². The molecule has 4 heterocycles. The monoisotopic (exact) mass is 390 g/mol. The van der Waals surface area contributed by atoms with Crippen molar-refractivity contribution in [3.05, 3.63) is 52.1 Å². The molecule has 5 rings (SSSR count). The van der Waals surface area contributed by atoms with Gasteiger partial charge in [-0.25, -0.2) is 5.43 Å². The molecule has 29 heavy (non-hydrogen) atoms. The van der Waals surface area contributed by atoms with Crippen LogP contribution in [0.15, 0.2) is 29.0 Å². The van der Waals surface area contributed by atoms with E-state index in [0.29, 0.717) is 22.9 Å². The summed E-state index contributed by atoms with van der Waals surface area (Å²) in [4.78, 5) is 18.6. The third-order valence-electron chi connectivity index (χ3n) is 6.13. The van der Waals surface area contributed by atoms with Crippen molar-refractivity contribution in [1.29, 1.82) is 0 Å². The molecule has 7 nitrogen and oxygen atoms in total. The fourth-order valence-corrected chi connectivity index (χ4v) is 4.50. The topological polar surface area (TPSA) is 86.3 Å². The predicted molar refractivity (Wildman–Crippen MR) is 112 cm³/mol. The number of nitrogens with one attached hydrogen (secondary N) is 2. The average Bonchev–Trinajstić information content (AvgIpc) is 3.16. The molecule has 1 amide bonds. The van der Waals surface area contributed by atoms with Crippen LogP contribution in [0.1, 0.15) is 59.8 Å². The molecule has 1 aliphatic carbocycles. The molecule has 0 aromatic carbocycles. The zero-order valence-electron chi connectivity index (χ0n) is 16.7. The zero-order valence-corrected chi connectivity index (χ0v) is 16.7. The van der Waals surface area contributed by atoms with Gasteiger partial charge in [0.1, 0.15) is 11.4 Å². The number of carbonyl (C=O) groups is 1. The summed E-state index contributed by atoms with van der Waals surface area (Å²) in [6.07, 6.45) is 9.72. The number of rotatable bonds is 6. The van der Waals surface area contributed by atoms with Crippen molar-refractivity contribution in [1.82, 2.24) is 25.5 Å². The Labute approximate surface area is 170 Å². The van der Waals surface area contributed by atoms with Crippen molar-refractivity contribution >= 4 is 17.7 Å². The van der Waals surface area contributed by atoms with E-state index in [1.807, 2.05) is 12.1 Å². The smallest absolute Gasteiger partial charge is 0.273 e. The van der Waals surface area contributed by atoms with E-state index in [1.165, 1.54) is 55.6 Å². The first-order valence-corrected chi connectivity index (χ1v) is 10.5. The van der Waals surface area contributed by atoms with Gasteiger partial charge in [0.15, 0.2) is 0 Å². The van der Waals surface area contributed by atoms with E-state index >= 15 is 0 Å². The highest BCUT2D eigenvalue weighted by Crippen LogP contribution is 2.45. The van der Waals surface area contributed by atoms with Gasteiger partial charge in [-0.05, 0) is 87.4 Å². The van der Waals surface area contributed by atoms with E-state index in [9.17, 15) is 4.79 Å². The van der Waals surface area contributed by atoms with Crippen molar-refractivity contribution in [2.45, 2.75) is 44.9 Å². The second-order valence-corrected chi connectivity index (χ2v) is 8.20. The summed E-state index contributed by atoms with van der Waals surface area (Å²) in [5, 5.41) is 12.2. The average molecular weight is 390 g/mol. The number of hydrogen-bond acceptors (Lipinski definition) is 5. The fourth-order valence-electron chi connectivity index (χ4n) is 4.50. The van der Waals surface area contributed by atoms with Crippen LogP contribution in [0.2, 0.25) is 0 Å². The quantitative estimate of drug-likeness (QED) is 0.742. The van der Waals surface area contributed by atoms with Gasteiger partial charge in [0.25, 0.3) is 5.91 Å². The molecule has 1 saturated heterocycles. The van der Waals surface area contributed by atoms with Crippen LogP contribution >= 0.6 is 0 Å². The van der Waals surface area contributed by atoms with Crippen LogP contribution in [0.4, 0.5) is 0 Å². The number of aromatic amines is 1. The zero-order chi connectivity index (χ0) is 19.8. The SMILES string of the molecule is Cc1[nH]c(/C=C2/C(=O)NN=C2c2cccnn2)c(C2CC2)c1CCN1CCCC1. The van der Waals surface area contributed by atoms with E-state index in [2.05, 4.69) is 37.5 Å². The van der Waals surface area contributed by atoms with E-state index < -0.39 is 0 Å². The normalized spacial score (nSPS) is 21.1. The molecule has 2 aromatic heterocycles. The van der Waals surface area contributed by atoms with Crippen molar-refractivity contribution in [2.24, 2.45) is 5.10 Å². The number of amides is 1. The fraction of sp³-hybridized carbons (Fsp3) is 0.455. The highest BCUT2D eigenvalue weighted by Gasteiger charge is 2.32. The number of hydrazone groups is 1. The highest BCUT2D eigenvalue weighted by molar-refractivity contribution is 6.32. The Morgan fingerprint density at radius 2 is 2.10 bits per heavy atom. The maximum Gasteiger partial charge on any atom is 0.273 e. The van der Waals surface area contributed by atoms with Crippen LogP contribution in [0.5, 0.6) is 0 Å². The summed E-state index contributed by atoms with van der Waals surface area (Å²) in [5.74, 6) is 0.403. The predicted octanol–water partition coefficient (Wildman–Crippen LogP) is 2.55. The minimum atomic E-state index is -0.196. The van der Waals surface area contributed by atoms with Crippen LogP contribution in [0.3, 0.4) is 0 Å². The molecular weight excluding hydrogens is 364 g/mol. The second kappa shape index (κ2) is 7.55. The molecule has 2 aromatic rings. The van der Waals surface area contributed by atoms with Crippen molar-refractivity contribution in [3.63, 3.8) is 0 Å². The van der Waals surface area contributed by atoms with Gasteiger partial charge in [-0.1, -0.05) is 0 Å². The number of hydrogen-bond donors (Lipinski definition) is 2. The number of likely N-dealkylation sites (tertiary alicyclic amines) is 1. The lowest BCUT2D eigenvalue weighted by Crippen LogP contribution is -2.22. The van der Waals surface area contributed by atoms with Gasteiger partial charge in [0.2, 0.25) is 0 Å². The number of H-pyrrole nitrogens is 1. The Morgan fingerprint density at radius 1 is 1.28 bits per heavy atom. The second-order valence-electron chi connectivity index (χ2n) is 8.20. The Bertz CT molecular complexity index is 980. The number of aromatic nitrogens is 3. The summed E-state index contributed by atoms with van der Waals surface area (Å²) >= 11 is 0. The molecule has 0 radical (unpaired) electrons. The Kier molecular flexibility index (Phi) is 4.75. The Hall–Kier alpha value is -2.80. The molecule has 0 atom stereocenters. The third-order valence-corrected chi connectivity index (χ3v) is 6.13. The Morgan fingerprint density at radius 3 is 2.83 bits per heavy atom. The first-order chi connectivity index (χ1) is 14.2. The number of nitrogens with zero attached hydrogens (tertiary/aromatic N) is 4. The van der Waals surface area contributed by atoms with E-state index in [1.54, 1.807) is 12.3 Å².